The molecule has 18 heavy (non-hydrogen) atoms. The Balaban J connectivity index is 2.32. The maximum atomic E-state index is 5.73. The molecule has 1 aliphatic heterocycles. The van der Waals surface area contributed by atoms with Gasteiger partial charge in [-0.15, -0.1) is 11.3 Å². The van der Waals surface area contributed by atoms with Crippen molar-refractivity contribution in [3.05, 3.63) is 15.6 Å². The van der Waals surface area contributed by atoms with Gasteiger partial charge in [0.2, 0.25) is 0 Å². The second-order valence-corrected chi connectivity index (χ2v) is 6.62. The molecule has 0 aliphatic carbocycles. The van der Waals surface area contributed by atoms with Crippen LogP contribution >= 0.6 is 11.3 Å². The van der Waals surface area contributed by atoms with Gasteiger partial charge in [0.05, 0.1) is 17.8 Å². The lowest BCUT2D eigenvalue weighted by atomic mass is 9.92. The minimum absolute atomic E-state index is 0.0603. The fourth-order valence-corrected chi connectivity index (χ4v) is 3.82. The van der Waals surface area contributed by atoms with Crippen LogP contribution in [0.15, 0.2) is 0 Å². The predicted octanol–water partition coefficient (Wildman–Crippen LogP) is 3.02. The van der Waals surface area contributed by atoms with E-state index in [1.807, 2.05) is 11.3 Å². The SMILES string of the molecule is CCc1nc(C2(NC(C)C)CCCOC2)sc1C. The molecule has 1 aliphatic rings. The highest BCUT2D eigenvalue weighted by molar-refractivity contribution is 7.11. The topological polar surface area (TPSA) is 34.2 Å². The van der Waals surface area contributed by atoms with Crippen LogP contribution in [0.5, 0.6) is 0 Å². The van der Waals surface area contributed by atoms with Crippen LogP contribution in [0.25, 0.3) is 0 Å². The zero-order valence-corrected chi connectivity index (χ0v) is 12.7. The van der Waals surface area contributed by atoms with Crippen LogP contribution in [0.4, 0.5) is 0 Å². The molecular weight excluding hydrogens is 244 g/mol. The molecule has 3 nitrogen and oxygen atoms in total. The van der Waals surface area contributed by atoms with Crippen LogP contribution in [0.1, 0.15) is 49.2 Å². The van der Waals surface area contributed by atoms with Crippen molar-refractivity contribution in [3.63, 3.8) is 0 Å². The number of hydrogen-bond donors (Lipinski definition) is 1. The number of aryl methyl sites for hydroxylation is 2. The molecule has 0 spiro atoms. The molecule has 0 amide bonds. The number of thiazole rings is 1. The molecule has 1 N–H and O–H groups in total. The van der Waals surface area contributed by atoms with Gasteiger partial charge in [0.25, 0.3) is 0 Å². The second kappa shape index (κ2) is 5.68. The van der Waals surface area contributed by atoms with Crippen molar-refractivity contribution in [2.24, 2.45) is 0 Å². The third-order valence-corrected chi connectivity index (χ3v) is 4.66. The Morgan fingerprint density at radius 2 is 2.28 bits per heavy atom. The van der Waals surface area contributed by atoms with E-state index < -0.39 is 0 Å². The summed E-state index contributed by atoms with van der Waals surface area (Å²) < 4.78 is 5.73. The molecular formula is C14H24N2OS. The van der Waals surface area contributed by atoms with Gasteiger partial charge in [-0.3, -0.25) is 0 Å². The Kier molecular flexibility index (Phi) is 4.41. The number of aromatic nitrogens is 1. The third kappa shape index (κ3) is 2.76. The molecule has 0 radical (unpaired) electrons. The monoisotopic (exact) mass is 268 g/mol. The number of ether oxygens (including phenoxy) is 1. The molecule has 1 atom stereocenters. The molecule has 1 aromatic heterocycles. The highest BCUT2D eigenvalue weighted by atomic mass is 32.1. The second-order valence-electron chi connectivity index (χ2n) is 5.41. The number of rotatable bonds is 4. The van der Waals surface area contributed by atoms with Crippen molar-refractivity contribution in [2.75, 3.05) is 13.2 Å². The Bertz CT molecular complexity index is 394. The van der Waals surface area contributed by atoms with Crippen molar-refractivity contribution >= 4 is 11.3 Å². The smallest absolute Gasteiger partial charge is 0.116 e. The van der Waals surface area contributed by atoms with Crippen molar-refractivity contribution in [2.45, 2.75) is 58.5 Å². The lowest BCUT2D eigenvalue weighted by molar-refractivity contribution is 0.0140. The molecule has 0 saturated carbocycles. The van der Waals surface area contributed by atoms with Crippen LogP contribution in [0.2, 0.25) is 0 Å². The fourth-order valence-electron chi connectivity index (χ4n) is 2.65. The third-order valence-electron chi connectivity index (χ3n) is 3.44. The summed E-state index contributed by atoms with van der Waals surface area (Å²) >= 11 is 1.83. The van der Waals surface area contributed by atoms with E-state index in [2.05, 4.69) is 33.0 Å². The summed E-state index contributed by atoms with van der Waals surface area (Å²) in [7, 11) is 0. The molecule has 2 heterocycles. The van der Waals surface area contributed by atoms with Gasteiger partial charge in [-0.05, 0) is 40.0 Å². The van der Waals surface area contributed by atoms with E-state index in [-0.39, 0.29) is 5.54 Å². The Morgan fingerprint density at radius 3 is 2.78 bits per heavy atom. The van der Waals surface area contributed by atoms with Crippen molar-refractivity contribution in [1.29, 1.82) is 0 Å². The van der Waals surface area contributed by atoms with E-state index in [4.69, 9.17) is 9.72 Å². The highest BCUT2D eigenvalue weighted by Crippen LogP contribution is 2.35. The minimum Gasteiger partial charge on any atom is -0.379 e. The van der Waals surface area contributed by atoms with E-state index in [0.29, 0.717) is 6.04 Å². The molecule has 2 rings (SSSR count). The first-order valence-electron chi connectivity index (χ1n) is 6.89. The fraction of sp³-hybridized carbons (Fsp3) is 0.786. The molecule has 1 unspecified atom stereocenters. The summed E-state index contributed by atoms with van der Waals surface area (Å²) in [6, 6.07) is 0.445. The van der Waals surface area contributed by atoms with E-state index in [0.717, 1.165) is 32.5 Å². The van der Waals surface area contributed by atoms with Gasteiger partial charge < -0.3 is 10.1 Å². The maximum absolute atomic E-state index is 5.73. The van der Waals surface area contributed by atoms with Crippen molar-refractivity contribution in [1.82, 2.24) is 10.3 Å². The van der Waals surface area contributed by atoms with E-state index in [1.54, 1.807) is 0 Å². The average molecular weight is 268 g/mol. The Labute approximate surface area is 114 Å². The van der Waals surface area contributed by atoms with Gasteiger partial charge in [0, 0.05) is 17.5 Å². The Morgan fingerprint density at radius 1 is 1.50 bits per heavy atom. The average Bonchev–Trinajstić information content (AvgIpc) is 2.71. The van der Waals surface area contributed by atoms with Crippen LogP contribution in [0.3, 0.4) is 0 Å². The predicted molar refractivity (Wildman–Crippen MR) is 76.2 cm³/mol. The van der Waals surface area contributed by atoms with Crippen molar-refractivity contribution < 1.29 is 4.74 Å². The van der Waals surface area contributed by atoms with Crippen molar-refractivity contribution in [3.8, 4) is 0 Å². The molecule has 102 valence electrons. The van der Waals surface area contributed by atoms with Gasteiger partial charge in [-0.1, -0.05) is 6.92 Å². The lowest BCUT2D eigenvalue weighted by Gasteiger charge is -2.37. The van der Waals surface area contributed by atoms with Gasteiger partial charge in [0.1, 0.15) is 5.01 Å². The minimum atomic E-state index is -0.0603. The molecule has 0 bridgehead atoms. The van der Waals surface area contributed by atoms with E-state index in [1.165, 1.54) is 15.6 Å². The van der Waals surface area contributed by atoms with Gasteiger partial charge in [-0.25, -0.2) is 4.98 Å². The molecule has 1 fully saturated rings. The summed E-state index contributed by atoms with van der Waals surface area (Å²) in [5.41, 5.74) is 1.18. The summed E-state index contributed by atoms with van der Waals surface area (Å²) in [5, 5.41) is 4.91. The van der Waals surface area contributed by atoms with Gasteiger partial charge in [0.15, 0.2) is 0 Å². The van der Waals surface area contributed by atoms with E-state index >= 15 is 0 Å². The first-order chi connectivity index (χ1) is 8.57. The van der Waals surface area contributed by atoms with Crippen LogP contribution in [-0.2, 0) is 16.7 Å². The quantitative estimate of drug-likeness (QED) is 0.911. The molecule has 1 saturated heterocycles. The number of nitrogens with one attached hydrogen (secondary N) is 1. The molecule has 0 aromatic carbocycles. The standard InChI is InChI=1S/C14H24N2OS/c1-5-12-11(4)18-13(15-12)14(16-10(2)3)7-6-8-17-9-14/h10,16H,5-9H2,1-4H3. The zero-order valence-electron chi connectivity index (χ0n) is 11.9. The first-order valence-corrected chi connectivity index (χ1v) is 7.71. The summed E-state index contributed by atoms with van der Waals surface area (Å²) in [6.07, 6.45) is 3.25. The molecule has 4 heteroatoms. The van der Waals surface area contributed by atoms with Crippen LogP contribution < -0.4 is 5.32 Å². The first kappa shape index (κ1) is 14.0. The summed E-state index contributed by atoms with van der Waals surface area (Å²) in [5.74, 6) is 0. The Hall–Kier alpha value is -0.450. The normalized spacial score (nSPS) is 24.7. The molecule has 1 aromatic rings. The van der Waals surface area contributed by atoms with Gasteiger partial charge in [-0.2, -0.15) is 0 Å². The number of nitrogens with zero attached hydrogens (tertiary/aromatic N) is 1. The maximum Gasteiger partial charge on any atom is 0.116 e. The van der Waals surface area contributed by atoms with Gasteiger partial charge >= 0.3 is 0 Å². The van der Waals surface area contributed by atoms with Crippen LogP contribution in [-0.4, -0.2) is 24.2 Å². The summed E-state index contributed by atoms with van der Waals surface area (Å²) in [4.78, 5) is 6.20. The van der Waals surface area contributed by atoms with Crippen LogP contribution in [0, 0.1) is 6.92 Å². The largest absolute Gasteiger partial charge is 0.379 e. The van der Waals surface area contributed by atoms with E-state index in [9.17, 15) is 0 Å². The highest BCUT2D eigenvalue weighted by Gasteiger charge is 2.38. The lowest BCUT2D eigenvalue weighted by Crippen LogP contribution is -2.51. The summed E-state index contributed by atoms with van der Waals surface area (Å²) in [6.45, 7) is 10.4. The number of hydrogen-bond acceptors (Lipinski definition) is 4. The zero-order chi connectivity index (χ0) is 13.2.